The number of aryl methyl sites for hydroxylation is 2. The molecule has 0 spiro atoms. The molecule has 0 bridgehead atoms. The lowest BCUT2D eigenvalue weighted by Crippen LogP contribution is -2.46. The largest absolute Gasteiger partial charge is 0.355 e. The number of nitrogens with zero attached hydrogens (tertiary/aromatic N) is 3. The molecule has 0 aliphatic heterocycles. The summed E-state index contributed by atoms with van der Waals surface area (Å²) in [5.74, 6) is 0.782. The number of hydrogen-bond acceptors (Lipinski definition) is 3. The molecule has 1 amide bonds. The Morgan fingerprint density at radius 1 is 1.23 bits per heavy atom. The van der Waals surface area contributed by atoms with Gasteiger partial charge in [0.2, 0.25) is 5.91 Å². The van der Waals surface area contributed by atoms with E-state index in [4.69, 9.17) is 0 Å². The first-order valence-corrected chi connectivity index (χ1v) is 8.80. The van der Waals surface area contributed by atoms with Crippen LogP contribution in [0.25, 0.3) is 0 Å². The first kappa shape index (κ1) is 24.7. The molecular formula is C18H35IN6O. The molecule has 0 aliphatic carbocycles. The van der Waals surface area contributed by atoms with Gasteiger partial charge in [0.1, 0.15) is 0 Å². The van der Waals surface area contributed by atoms with Gasteiger partial charge in [-0.25, -0.2) is 0 Å². The molecule has 1 atom stereocenters. The highest BCUT2D eigenvalue weighted by atomic mass is 127. The summed E-state index contributed by atoms with van der Waals surface area (Å²) in [5, 5.41) is 14.0. The van der Waals surface area contributed by atoms with Crippen molar-refractivity contribution in [3.63, 3.8) is 0 Å². The van der Waals surface area contributed by atoms with Crippen molar-refractivity contribution < 1.29 is 4.79 Å². The van der Waals surface area contributed by atoms with Crippen molar-refractivity contribution in [3.05, 3.63) is 17.0 Å². The van der Waals surface area contributed by atoms with Gasteiger partial charge < -0.3 is 16.0 Å². The Bertz CT molecular complexity index is 618. The second-order valence-corrected chi connectivity index (χ2v) is 7.53. The monoisotopic (exact) mass is 478 g/mol. The zero-order valence-corrected chi connectivity index (χ0v) is 19.7. The summed E-state index contributed by atoms with van der Waals surface area (Å²) in [6.07, 6.45) is 0.882. The van der Waals surface area contributed by atoms with E-state index in [0.29, 0.717) is 13.1 Å². The summed E-state index contributed by atoms with van der Waals surface area (Å²) < 4.78 is 1.92. The van der Waals surface area contributed by atoms with Crippen LogP contribution in [-0.4, -0.2) is 47.8 Å². The molecule has 1 aromatic heterocycles. The van der Waals surface area contributed by atoms with Crippen molar-refractivity contribution >= 4 is 35.8 Å². The van der Waals surface area contributed by atoms with E-state index < -0.39 is 0 Å². The topological polar surface area (TPSA) is 83.3 Å². The van der Waals surface area contributed by atoms with E-state index in [-0.39, 0.29) is 41.3 Å². The van der Waals surface area contributed by atoms with Gasteiger partial charge in [-0.3, -0.25) is 14.5 Å². The second-order valence-electron chi connectivity index (χ2n) is 7.53. The van der Waals surface area contributed by atoms with Crippen LogP contribution >= 0.6 is 24.0 Å². The maximum atomic E-state index is 11.8. The van der Waals surface area contributed by atoms with E-state index in [9.17, 15) is 4.79 Å². The third kappa shape index (κ3) is 7.51. The molecule has 0 saturated heterocycles. The minimum absolute atomic E-state index is 0. The molecule has 7 nitrogen and oxygen atoms in total. The first-order valence-electron chi connectivity index (χ1n) is 8.80. The van der Waals surface area contributed by atoms with Gasteiger partial charge in [0.25, 0.3) is 0 Å². The fraction of sp³-hybridized carbons (Fsp3) is 0.722. The Kier molecular flexibility index (Phi) is 10.2. The van der Waals surface area contributed by atoms with Gasteiger partial charge in [-0.1, -0.05) is 20.8 Å². The summed E-state index contributed by atoms with van der Waals surface area (Å²) in [4.78, 5) is 16.1. The highest BCUT2D eigenvalue weighted by Crippen LogP contribution is 2.14. The van der Waals surface area contributed by atoms with E-state index >= 15 is 0 Å². The van der Waals surface area contributed by atoms with Crippen LogP contribution in [0.1, 0.15) is 44.6 Å². The highest BCUT2D eigenvalue weighted by Gasteiger charge is 2.20. The lowest BCUT2D eigenvalue weighted by molar-refractivity contribution is -0.128. The maximum Gasteiger partial charge on any atom is 0.225 e. The van der Waals surface area contributed by atoms with Gasteiger partial charge >= 0.3 is 0 Å². The molecule has 150 valence electrons. The normalized spacial score (nSPS) is 13.0. The molecule has 26 heavy (non-hydrogen) atoms. The number of carbonyl (C=O) groups is 1. The van der Waals surface area contributed by atoms with Crippen molar-refractivity contribution in [2.24, 2.45) is 17.5 Å². The SMILES string of the molecule is CN=C(NCCNC(=O)C(C)(C)C)NC(C)Cc1c(C)nn(C)c1C.I. The van der Waals surface area contributed by atoms with Gasteiger partial charge in [-0.2, -0.15) is 5.10 Å². The Morgan fingerprint density at radius 2 is 1.81 bits per heavy atom. The Morgan fingerprint density at radius 3 is 2.27 bits per heavy atom. The fourth-order valence-electron chi connectivity index (χ4n) is 2.52. The molecule has 1 aromatic rings. The molecule has 0 fully saturated rings. The molecule has 0 aromatic carbocycles. The second kappa shape index (κ2) is 10.7. The van der Waals surface area contributed by atoms with Crippen LogP contribution in [0.3, 0.4) is 0 Å². The van der Waals surface area contributed by atoms with E-state index in [1.54, 1.807) is 7.05 Å². The molecule has 3 N–H and O–H groups in total. The number of carbonyl (C=O) groups excluding carboxylic acids is 1. The van der Waals surface area contributed by atoms with Crippen LogP contribution < -0.4 is 16.0 Å². The first-order chi connectivity index (χ1) is 11.6. The Labute approximate surface area is 174 Å². The van der Waals surface area contributed by atoms with Gasteiger partial charge in [-0.05, 0) is 32.8 Å². The molecule has 1 heterocycles. The fourth-order valence-corrected chi connectivity index (χ4v) is 2.52. The number of halogens is 1. The van der Waals surface area contributed by atoms with Gasteiger partial charge in [-0.15, -0.1) is 24.0 Å². The number of amides is 1. The predicted octanol–water partition coefficient (Wildman–Crippen LogP) is 1.91. The smallest absolute Gasteiger partial charge is 0.225 e. The lowest BCUT2D eigenvalue weighted by Gasteiger charge is -2.20. The van der Waals surface area contributed by atoms with Crippen LogP contribution in [0, 0.1) is 19.3 Å². The maximum absolute atomic E-state index is 11.8. The van der Waals surface area contributed by atoms with Crippen LogP contribution in [-0.2, 0) is 18.3 Å². The summed E-state index contributed by atoms with van der Waals surface area (Å²) >= 11 is 0. The van der Waals surface area contributed by atoms with Crippen LogP contribution in [0.4, 0.5) is 0 Å². The van der Waals surface area contributed by atoms with Gasteiger partial charge in [0.05, 0.1) is 5.69 Å². The molecule has 1 rings (SSSR count). The van der Waals surface area contributed by atoms with Gasteiger partial charge in [0.15, 0.2) is 5.96 Å². The number of rotatable bonds is 6. The number of aliphatic imine (C=N–C) groups is 1. The van der Waals surface area contributed by atoms with Crippen molar-refractivity contribution in [2.75, 3.05) is 20.1 Å². The average molecular weight is 478 g/mol. The molecule has 8 heteroatoms. The standard InChI is InChI=1S/C18H34N6O.HI/c1-12(11-15-13(2)23-24(8)14(15)3)22-17(19-7)21-10-9-20-16(25)18(4,5)6;/h12H,9-11H2,1-8H3,(H,20,25)(H2,19,21,22);1H. The molecular weight excluding hydrogens is 443 g/mol. The van der Waals surface area contributed by atoms with Crippen molar-refractivity contribution in [3.8, 4) is 0 Å². The molecule has 1 unspecified atom stereocenters. The molecule has 0 radical (unpaired) electrons. The number of nitrogens with one attached hydrogen (secondary N) is 3. The van der Waals surface area contributed by atoms with Crippen LogP contribution in [0.2, 0.25) is 0 Å². The van der Waals surface area contributed by atoms with E-state index in [0.717, 1.165) is 18.1 Å². The minimum atomic E-state index is -0.367. The van der Waals surface area contributed by atoms with Crippen molar-refractivity contribution in [1.29, 1.82) is 0 Å². The number of guanidine groups is 1. The summed E-state index contributed by atoms with van der Waals surface area (Å²) in [7, 11) is 3.71. The summed E-state index contributed by atoms with van der Waals surface area (Å²) in [6.45, 7) is 13.2. The van der Waals surface area contributed by atoms with Crippen molar-refractivity contribution in [2.45, 2.75) is 54.0 Å². The lowest BCUT2D eigenvalue weighted by atomic mass is 9.96. The third-order valence-electron chi connectivity index (χ3n) is 4.16. The summed E-state index contributed by atoms with van der Waals surface area (Å²) in [6, 6.07) is 0.219. The van der Waals surface area contributed by atoms with Gasteiger partial charge in [0, 0.05) is 44.3 Å². The molecule has 0 aliphatic rings. The van der Waals surface area contributed by atoms with E-state index in [2.05, 4.69) is 39.9 Å². The zero-order chi connectivity index (χ0) is 19.2. The quantitative estimate of drug-likeness (QED) is 0.253. The highest BCUT2D eigenvalue weighted by molar-refractivity contribution is 14.0. The average Bonchev–Trinajstić information content (AvgIpc) is 2.75. The minimum Gasteiger partial charge on any atom is -0.355 e. The van der Waals surface area contributed by atoms with Crippen LogP contribution in [0.15, 0.2) is 4.99 Å². The van der Waals surface area contributed by atoms with E-state index in [1.807, 2.05) is 39.4 Å². The molecule has 0 saturated carbocycles. The van der Waals surface area contributed by atoms with Crippen molar-refractivity contribution in [1.82, 2.24) is 25.7 Å². The number of hydrogen-bond donors (Lipinski definition) is 3. The predicted molar refractivity (Wildman–Crippen MR) is 118 cm³/mol. The van der Waals surface area contributed by atoms with E-state index in [1.165, 1.54) is 11.3 Å². The summed E-state index contributed by atoms with van der Waals surface area (Å²) in [5.41, 5.74) is 3.17. The Balaban J connectivity index is 0.00000625. The Hall–Kier alpha value is -1.32. The zero-order valence-electron chi connectivity index (χ0n) is 17.4. The number of aromatic nitrogens is 2. The third-order valence-corrected chi connectivity index (χ3v) is 4.16. The van der Waals surface area contributed by atoms with Crippen LogP contribution in [0.5, 0.6) is 0 Å².